The first kappa shape index (κ1) is 32.5. The van der Waals surface area contributed by atoms with Gasteiger partial charge in [0.15, 0.2) is 0 Å². The van der Waals surface area contributed by atoms with E-state index in [0.29, 0.717) is 0 Å². The summed E-state index contributed by atoms with van der Waals surface area (Å²) in [6, 6.07) is 8.76. The Bertz CT molecular complexity index is 1840. The van der Waals surface area contributed by atoms with Crippen LogP contribution < -0.4 is 20.5 Å². The first-order valence-corrected chi connectivity index (χ1v) is 13.7. The average molecular weight is 649 g/mol. The minimum atomic E-state index is -5.44. The SMILES string of the molecule is CC[C@]1(C(N)=O)COc2c1cc([C@@](O)(CNC(=O)c1cc(OC)c3ncc(C(F)F)cc3c1)C(F)(F)F)nc2-c1ccc(F)cc1. The third kappa shape index (κ3) is 5.44. The number of primary amides is 1. The highest BCUT2D eigenvalue weighted by atomic mass is 19.4. The number of nitrogens with one attached hydrogen (secondary N) is 1. The largest absolute Gasteiger partial charge is 0.494 e. The van der Waals surface area contributed by atoms with E-state index in [4.69, 9.17) is 15.2 Å². The molecule has 0 radical (unpaired) electrons. The number of hydrogen-bond donors (Lipinski definition) is 3. The summed E-state index contributed by atoms with van der Waals surface area (Å²) < 4.78 is 95.4. The number of carbonyl (C=O) groups excluding carboxylic acids is 2. The number of nitrogens with zero attached hydrogens (tertiary/aromatic N) is 2. The molecule has 9 nitrogen and oxygen atoms in total. The number of halogens is 6. The maximum absolute atomic E-state index is 14.7. The van der Waals surface area contributed by atoms with E-state index >= 15 is 0 Å². The van der Waals surface area contributed by atoms with Crippen LogP contribution in [0.3, 0.4) is 0 Å². The Morgan fingerprint density at radius 2 is 1.85 bits per heavy atom. The second-order valence-corrected chi connectivity index (χ2v) is 10.7. The Balaban J connectivity index is 1.60. The van der Waals surface area contributed by atoms with E-state index < -0.39 is 59.1 Å². The Labute approximate surface area is 257 Å². The van der Waals surface area contributed by atoms with Gasteiger partial charge in [-0.15, -0.1) is 0 Å². The van der Waals surface area contributed by atoms with Crippen LogP contribution in [0.5, 0.6) is 11.5 Å². The summed E-state index contributed by atoms with van der Waals surface area (Å²) in [6.07, 6.45) is -7.37. The van der Waals surface area contributed by atoms with Crippen LogP contribution in [-0.2, 0) is 15.8 Å². The molecule has 1 aliphatic rings. The molecule has 5 rings (SSSR count). The number of rotatable bonds is 9. The molecular weight excluding hydrogens is 622 g/mol. The smallest absolute Gasteiger partial charge is 0.424 e. The van der Waals surface area contributed by atoms with E-state index in [-0.39, 0.29) is 57.8 Å². The molecule has 242 valence electrons. The van der Waals surface area contributed by atoms with E-state index in [9.17, 15) is 41.0 Å². The summed E-state index contributed by atoms with van der Waals surface area (Å²) in [5, 5.41) is 13.4. The number of hydrogen-bond acceptors (Lipinski definition) is 7. The van der Waals surface area contributed by atoms with Gasteiger partial charge in [0.2, 0.25) is 11.5 Å². The molecule has 2 amide bonds. The van der Waals surface area contributed by atoms with Gasteiger partial charge in [-0.1, -0.05) is 6.92 Å². The van der Waals surface area contributed by atoms with Crippen LogP contribution >= 0.6 is 0 Å². The Hall–Kier alpha value is -4.92. The zero-order valence-corrected chi connectivity index (χ0v) is 24.2. The van der Waals surface area contributed by atoms with Crippen LogP contribution in [-0.4, -0.2) is 53.3 Å². The van der Waals surface area contributed by atoms with E-state index in [0.717, 1.165) is 42.6 Å². The van der Waals surface area contributed by atoms with Crippen LogP contribution in [0.25, 0.3) is 22.2 Å². The van der Waals surface area contributed by atoms with Gasteiger partial charge in [0.25, 0.3) is 12.3 Å². The van der Waals surface area contributed by atoms with E-state index in [1.807, 2.05) is 5.32 Å². The minimum absolute atomic E-state index is 0.0128. The highest BCUT2D eigenvalue weighted by Crippen LogP contribution is 2.49. The number of alkyl halides is 5. The zero-order valence-electron chi connectivity index (χ0n) is 24.2. The second-order valence-electron chi connectivity index (χ2n) is 10.7. The monoisotopic (exact) mass is 648 g/mol. The van der Waals surface area contributed by atoms with Crippen molar-refractivity contribution in [3.63, 3.8) is 0 Å². The summed E-state index contributed by atoms with van der Waals surface area (Å²) in [5.74, 6) is -2.73. The van der Waals surface area contributed by atoms with Gasteiger partial charge >= 0.3 is 6.18 Å². The number of fused-ring (bicyclic) bond motifs is 2. The summed E-state index contributed by atoms with van der Waals surface area (Å²) in [4.78, 5) is 33.8. The fourth-order valence-corrected chi connectivity index (χ4v) is 5.28. The third-order valence-corrected chi connectivity index (χ3v) is 8.05. The maximum Gasteiger partial charge on any atom is 0.424 e. The number of ether oxygens (including phenoxy) is 2. The van der Waals surface area contributed by atoms with Crippen molar-refractivity contribution in [2.75, 3.05) is 20.3 Å². The fourth-order valence-electron chi connectivity index (χ4n) is 5.28. The number of aliphatic hydroxyl groups is 1. The number of methoxy groups -OCH3 is 1. The molecule has 4 N–H and O–H groups in total. The molecule has 0 unspecified atom stereocenters. The number of nitrogens with two attached hydrogens (primary N) is 1. The van der Waals surface area contributed by atoms with Crippen molar-refractivity contribution in [2.24, 2.45) is 5.73 Å². The molecule has 0 bridgehead atoms. The zero-order chi connectivity index (χ0) is 33.6. The van der Waals surface area contributed by atoms with Crippen molar-refractivity contribution in [3.05, 3.63) is 82.9 Å². The summed E-state index contributed by atoms with van der Waals surface area (Å²) in [6.45, 7) is -0.203. The standard InChI is InChI=1S/C31H26F6N4O5/c1-3-29(28(38)43)14-46-25-20(29)11-22(41-24(25)15-4-6-19(32)7-5-15)30(44,31(35,36)37)13-40-27(42)17-8-16-9-18(26(33)34)12-39-23(16)21(10-17)45-2/h4-12,26,44H,3,13-14H2,1-2H3,(H2,38,43)(H,40,42)/t29-,30-/m0/s1. The predicted molar refractivity (Wildman–Crippen MR) is 152 cm³/mol. The van der Waals surface area contributed by atoms with Crippen molar-refractivity contribution < 1.29 is 50.5 Å². The van der Waals surface area contributed by atoms with Crippen LogP contribution in [0.2, 0.25) is 0 Å². The van der Waals surface area contributed by atoms with Gasteiger partial charge < -0.3 is 25.6 Å². The lowest BCUT2D eigenvalue weighted by atomic mass is 9.78. The van der Waals surface area contributed by atoms with Crippen LogP contribution in [0, 0.1) is 5.82 Å². The van der Waals surface area contributed by atoms with Gasteiger partial charge in [0.1, 0.15) is 40.5 Å². The lowest BCUT2D eigenvalue weighted by Crippen LogP contribution is -2.52. The number of aromatic nitrogens is 2. The molecule has 2 aromatic heterocycles. The van der Waals surface area contributed by atoms with Crippen molar-refractivity contribution in [1.82, 2.24) is 15.3 Å². The molecule has 3 heterocycles. The molecule has 15 heteroatoms. The lowest BCUT2D eigenvalue weighted by Gasteiger charge is -2.32. The lowest BCUT2D eigenvalue weighted by molar-refractivity contribution is -0.265. The van der Waals surface area contributed by atoms with Gasteiger partial charge in [-0.2, -0.15) is 13.2 Å². The van der Waals surface area contributed by atoms with Gasteiger partial charge in [-0.05, 0) is 55.0 Å². The molecule has 2 aromatic carbocycles. The summed E-state index contributed by atoms with van der Waals surface area (Å²) >= 11 is 0. The maximum atomic E-state index is 14.7. The van der Waals surface area contributed by atoms with E-state index in [1.165, 1.54) is 19.2 Å². The van der Waals surface area contributed by atoms with Crippen molar-refractivity contribution >= 4 is 22.7 Å². The van der Waals surface area contributed by atoms with E-state index in [1.54, 1.807) is 6.92 Å². The fraction of sp³-hybridized carbons (Fsp3) is 0.290. The van der Waals surface area contributed by atoms with Gasteiger partial charge in [-0.3, -0.25) is 14.6 Å². The topological polar surface area (TPSA) is 137 Å². The normalized spacial score (nSPS) is 17.3. The molecule has 4 aromatic rings. The van der Waals surface area contributed by atoms with Gasteiger partial charge in [0, 0.05) is 33.8 Å². The molecule has 2 atom stereocenters. The number of carbonyl (C=O) groups is 2. The Kier molecular flexibility index (Phi) is 8.32. The van der Waals surface area contributed by atoms with Crippen molar-refractivity contribution in [3.8, 4) is 22.8 Å². The Morgan fingerprint density at radius 1 is 1.15 bits per heavy atom. The third-order valence-electron chi connectivity index (χ3n) is 8.05. The predicted octanol–water partition coefficient (Wildman–Crippen LogP) is 5.09. The number of amides is 2. The quantitative estimate of drug-likeness (QED) is 0.215. The van der Waals surface area contributed by atoms with Gasteiger partial charge in [-0.25, -0.2) is 18.2 Å². The van der Waals surface area contributed by atoms with Crippen LogP contribution in [0.1, 0.15) is 46.9 Å². The molecule has 1 aliphatic heterocycles. The second kappa shape index (κ2) is 11.8. The molecule has 0 saturated heterocycles. The van der Waals surface area contributed by atoms with Gasteiger partial charge in [0.05, 0.1) is 19.3 Å². The van der Waals surface area contributed by atoms with E-state index in [2.05, 4.69) is 9.97 Å². The average Bonchev–Trinajstić information content (AvgIpc) is 3.42. The molecule has 0 aliphatic carbocycles. The van der Waals surface area contributed by atoms with Crippen LogP contribution in [0.4, 0.5) is 26.3 Å². The van der Waals surface area contributed by atoms with Crippen molar-refractivity contribution in [1.29, 1.82) is 0 Å². The number of benzene rings is 2. The summed E-state index contributed by atoms with van der Waals surface area (Å²) in [7, 11) is 1.23. The highest BCUT2D eigenvalue weighted by Gasteiger charge is 2.58. The first-order chi connectivity index (χ1) is 21.6. The molecule has 0 fully saturated rings. The van der Waals surface area contributed by atoms with Crippen LogP contribution in [0.15, 0.2) is 54.7 Å². The minimum Gasteiger partial charge on any atom is -0.494 e. The first-order valence-electron chi connectivity index (χ1n) is 13.7. The molecule has 0 saturated carbocycles. The molecular formula is C31H26F6N4O5. The molecule has 0 spiro atoms. The number of pyridine rings is 2. The summed E-state index contributed by atoms with van der Waals surface area (Å²) in [5.41, 5.74) is -1.51. The van der Waals surface area contributed by atoms with Crippen molar-refractivity contribution in [2.45, 2.75) is 37.0 Å². The Morgan fingerprint density at radius 3 is 2.43 bits per heavy atom. The molecule has 46 heavy (non-hydrogen) atoms. The highest BCUT2D eigenvalue weighted by molar-refractivity contribution is 6.00.